The van der Waals surface area contributed by atoms with Crippen LogP contribution in [-0.4, -0.2) is 37.1 Å². The zero-order valence-electron chi connectivity index (χ0n) is 16.0. The summed E-state index contributed by atoms with van der Waals surface area (Å²) in [4.78, 5) is 26.6. The molecule has 1 aliphatic rings. The fourth-order valence-electron chi connectivity index (χ4n) is 3.30. The van der Waals surface area contributed by atoms with E-state index in [0.717, 1.165) is 32.1 Å². The highest BCUT2D eigenvalue weighted by atomic mass is 16.5. The number of urea groups is 1. The van der Waals surface area contributed by atoms with Crippen LogP contribution in [0, 0.1) is 0 Å². The lowest BCUT2D eigenvalue weighted by molar-refractivity contribution is -0.116. The monoisotopic (exact) mass is 360 g/mol. The first-order valence-corrected chi connectivity index (χ1v) is 9.15. The Bertz CT molecular complexity index is 684. The number of carbonyl (C=O) groups excluding carboxylic acids is 2. The summed E-state index contributed by atoms with van der Waals surface area (Å²) >= 11 is 0. The first kappa shape index (κ1) is 19.8. The number of amides is 3. The molecule has 1 aromatic rings. The van der Waals surface area contributed by atoms with Gasteiger partial charge in [-0.15, -0.1) is 0 Å². The molecule has 1 unspecified atom stereocenters. The first-order chi connectivity index (χ1) is 12.6. The maximum atomic E-state index is 12.6. The first-order valence-electron chi connectivity index (χ1n) is 9.15. The third kappa shape index (κ3) is 4.00. The van der Waals surface area contributed by atoms with Gasteiger partial charge in [0.05, 0.1) is 19.8 Å². The van der Waals surface area contributed by atoms with Gasteiger partial charge in [0.15, 0.2) is 11.5 Å². The molecule has 0 spiro atoms. The third-order valence-electron chi connectivity index (χ3n) is 4.64. The smallest absolute Gasteiger partial charge is 0.329 e. The summed E-state index contributed by atoms with van der Waals surface area (Å²) in [5.41, 5.74) is 0.899. The van der Waals surface area contributed by atoms with Crippen LogP contribution in [0.5, 0.6) is 5.75 Å². The van der Waals surface area contributed by atoms with E-state index in [1.165, 1.54) is 7.11 Å². The van der Waals surface area contributed by atoms with Gasteiger partial charge in [0.1, 0.15) is 5.75 Å². The number of ether oxygens (including phenoxy) is 2. The Morgan fingerprint density at radius 2 is 1.88 bits per heavy atom. The molecule has 142 valence electrons. The molecule has 1 saturated heterocycles. The van der Waals surface area contributed by atoms with Crippen LogP contribution in [0.1, 0.15) is 51.5 Å². The molecule has 6 nitrogen and oxygen atoms in total. The molecule has 3 amide bonds. The van der Waals surface area contributed by atoms with E-state index >= 15 is 0 Å². The third-order valence-corrected chi connectivity index (χ3v) is 4.64. The largest absolute Gasteiger partial charge is 0.496 e. The zero-order chi connectivity index (χ0) is 19.1. The van der Waals surface area contributed by atoms with Gasteiger partial charge in [0.25, 0.3) is 5.91 Å². The lowest BCUT2D eigenvalue weighted by Crippen LogP contribution is -2.37. The second kappa shape index (κ2) is 9.27. The highest BCUT2D eigenvalue weighted by Gasteiger charge is 2.40. The minimum atomic E-state index is -0.438. The van der Waals surface area contributed by atoms with Gasteiger partial charge in [-0.25, -0.2) is 4.79 Å². The van der Waals surface area contributed by atoms with E-state index in [1.54, 1.807) is 18.1 Å². The van der Waals surface area contributed by atoms with Crippen molar-refractivity contribution in [2.75, 3.05) is 14.2 Å². The second-order valence-corrected chi connectivity index (χ2v) is 6.27. The second-order valence-electron chi connectivity index (χ2n) is 6.27. The number of benzene rings is 1. The van der Waals surface area contributed by atoms with Gasteiger partial charge in [0, 0.05) is 6.04 Å². The van der Waals surface area contributed by atoms with Crippen molar-refractivity contribution in [3.8, 4) is 5.75 Å². The maximum absolute atomic E-state index is 12.6. The molecule has 0 saturated carbocycles. The van der Waals surface area contributed by atoms with Gasteiger partial charge in [0.2, 0.25) is 0 Å². The summed E-state index contributed by atoms with van der Waals surface area (Å²) in [6.07, 6.45) is 4.82. The van der Waals surface area contributed by atoms with E-state index in [4.69, 9.17) is 9.47 Å². The molecular weight excluding hydrogens is 332 g/mol. The zero-order valence-corrected chi connectivity index (χ0v) is 16.0. The summed E-state index contributed by atoms with van der Waals surface area (Å²) < 4.78 is 11.0. The molecule has 0 radical (unpaired) electrons. The Labute approximate surface area is 155 Å². The van der Waals surface area contributed by atoms with Gasteiger partial charge in [-0.3, -0.25) is 15.0 Å². The summed E-state index contributed by atoms with van der Waals surface area (Å²) in [7, 11) is 3.06. The standard InChI is InChI=1S/C20H28N2O4/c1-5-7-8-11-14(6-2)22-17(19(23)21-20(22)24)18(26-4)15-12-9-10-13-16(15)25-3/h9-10,12-14H,5-8,11H2,1-4H3,(H,21,23,24). The van der Waals surface area contributed by atoms with Crippen LogP contribution >= 0.6 is 0 Å². The van der Waals surface area contributed by atoms with Crippen molar-refractivity contribution < 1.29 is 19.1 Å². The Morgan fingerprint density at radius 1 is 1.15 bits per heavy atom. The lowest BCUT2D eigenvalue weighted by atomic mass is 10.0. The average molecular weight is 360 g/mol. The number of nitrogens with zero attached hydrogens (tertiary/aromatic N) is 1. The molecule has 0 aromatic heterocycles. The van der Waals surface area contributed by atoms with Crippen molar-refractivity contribution in [1.29, 1.82) is 0 Å². The molecule has 1 N–H and O–H groups in total. The number of hydrogen-bond acceptors (Lipinski definition) is 4. The Morgan fingerprint density at radius 3 is 2.50 bits per heavy atom. The Kier molecular flexibility index (Phi) is 7.06. The van der Waals surface area contributed by atoms with Gasteiger partial charge < -0.3 is 9.47 Å². The molecular formula is C20H28N2O4. The summed E-state index contributed by atoms with van der Waals surface area (Å²) in [6, 6.07) is 6.86. The van der Waals surface area contributed by atoms with Gasteiger partial charge in [-0.05, 0) is 25.0 Å². The summed E-state index contributed by atoms with van der Waals surface area (Å²) in [5.74, 6) is 0.495. The molecule has 26 heavy (non-hydrogen) atoms. The van der Waals surface area contributed by atoms with Crippen LogP contribution in [-0.2, 0) is 9.53 Å². The van der Waals surface area contributed by atoms with Crippen LogP contribution < -0.4 is 10.1 Å². The topological polar surface area (TPSA) is 67.9 Å². The quantitative estimate of drug-likeness (QED) is 0.314. The average Bonchev–Trinajstić information content (AvgIpc) is 2.94. The van der Waals surface area contributed by atoms with Crippen molar-refractivity contribution >= 4 is 17.7 Å². The van der Waals surface area contributed by atoms with E-state index in [0.29, 0.717) is 17.1 Å². The van der Waals surface area contributed by atoms with E-state index in [1.807, 2.05) is 25.1 Å². The number of unbranched alkanes of at least 4 members (excludes halogenated alkanes) is 2. The highest BCUT2D eigenvalue weighted by molar-refractivity contribution is 6.15. The number of methoxy groups -OCH3 is 2. The molecule has 1 atom stereocenters. The van der Waals surface area contributed by atoms with E-state index in [9.17, 15) is 9.59 Å². The van der Waals surface area contributed by atoms with Crippen molar-refractivity contribution in [3.05, 3.63) is 35.5 Å². The normalized spacial score (nSPS) is 17.2. The number of hydrogen-bond donors (Lipinski definition) is 1. The van der Waals surface area contributed by atoms with Gasteiger partial charge in [-0.1, -0.05) is 45.2 Å². The predicted octanol–water partition coefficient (Wildman–Crippen LogP) is 3.92. The molecule has 0 bridgehead atoms. The molecule has 0 aliphatic carbocycles. The number of imide groups is 1. The van der Waals surface area contributed by atoms with Gasteiger partial charge >= 0.3 is 6.03 Å². The van der Waals surface area contributed by atoms with Crippen LogP contribution in [0.15, 0.2) is 30.0 Å². The number of nitrogens with one attached hydrogen (secondary N) is 1. The predicted molar refractivity (Wildman–Crippen MR) is 101 cm³/mol. The van der Waals surface area contributed by atoms with Crippen molar-refractivity contribution in [3.63, 3.8) is 0 Å². The number of carbonyl (C=O) groups is 2. The van der Waals surface area contributed by atoms with Crippen LogP contribution in [0.3, 0.4) is 0 Å². The minimum absolute atomic E-state index is 0.0529. The van der Waals surface area contributed by atoms with Crippen molar-refractivity contribution in [2.24, 2.45) is 0 Å². The van der Waals surface area contributed by atoms with Gasteiger partial charge in [-0.2, -0.15) is 0 Å². The van der Waals surface area contributed by atoms with E-state index in [2.05, 4.69) is 12.2 Å². The fourth-order valence-corrected chi connectivity index (χ4v) is 3.30. The van der Waals surface area contributed by atoms with E-state index in [-0.39, 0.29) is 11.7 Å². The highest BCUT2D eigenvalue weighted by Crippen LogP contribution is 2.33. The lowest BCUT2D eigenvalue weighted by Gasteiger charge is -2.27. The Hall–Kier alpha value is -2.50. The molecule has 1 heterocycles. The van der Waals surface area contributed by atoms with Crippen LogP contribution in [0.2, 0.25) is 0 Å². The maximum Gasteiger partial charge on any atom is 0.329 e. The molecule has 2 rings (SSSR count). The SMILES string of the molecule is CCCCCC(CC)N1C(=O)NC(=O)C1=C(OC)c1ccccc1OC. The Balaban J connectivity index is 2.51. The molecule has 1 aromatic carbocycles. The number of para-hydroxylation sites is 1. The summed E-state index contributed by atoms with van der Waals surface area (Å²) in [6.45, 7) is 4.17. The molecule has 1 fully saturated rings. The van der Waals surface area contributed by atoms with Crippen molar-refractivity contribution in [2.45, 2.75) is 52.0 Å². The van der Waals surface area contributed by atoms with Crippen molar-refractivity contribution in [1.82, 2.24) is 10.2 Å². The minimum Gasteiger partial charge on any atom is -0.496 e. The fraction of sp³-hybridized carbons (Fsp3) is 0.500. The van der Waals surface area contributed by atoms with Crippen LogP contribution in [0.4, 0.5) is 4.79 Å². The summed E-state index contributed by atoms with van der Waals surface area (Å²) in [5, 5.41) is 2.41. The van der Waals surface area contributed by atoms with Crippen LogP contribution in [0.25, 0.3) is 5.76 Å². The number of rotatable bonds is 9. The molecule has 1 aliphatic heterocycles. The molecule has 6 heteroatoms. The van der Waals surface area contributed by atoms with E-state index < -0.39 is 11.9 Å².